The molecule has 0 saturated carbocycles. The number of nitrogens with two attached hydrogens (primary N) is 1. The number of ether oxygens (including phenoxy) is 1. The molecule has 17 heavy (non-hydrogen) atoms. The number of hydrogen-bond donors (Lipinski definition) is 1. The van der Waals surface area contributed by atoms with Crippen molar-refractivity contribution < 1.29 is 9.15 Å². The molecule has 0 aliphatic heterocycles. The number of aryl methyl sites for hydroxylation is 2. The maximum Gasteiger partial charge on any atom is 0.251 e. The Kier molecular flexibility index (Phi) is 3.10. The second kappa shape index (κ2) is 4.55. The summed E-state index contributed by atoms with van der Waals surface area (Å²) in [6, 6.07) is 3.98. The van der Waals surface area contributed by atoms with E-state index < -0.39 is 0 Å². The molecule has 2 aromatic rings. The fourth-order valence-corrected chi connectivity index (χ4v) is 1.80. The zero-order valence-electron chi connectivity index (χ0n) is 10.2. The first-order valence-corrected chi connectivity index (χ1v) is 5.33. The van der Waals surface area contributed by atoms with Gasteiger partial charge in [-0.1, -0.05) is 6.07 Å². The van der Waals surface area contributed by atoms with Gasteiger partial charge in [0.1, 0.15) is 5.75 Å². The smallest absolute Gasteiger partial charge is 0.251 e. The molecule has 2 N–H and O–H groups in total. The Bertz CT molecular complexity index is 535. The van der Waals surface area contributed by atoms with E-state index in [4.69, 9.17) is 14.9 Å². The van der Waals surface area contributed by atoms with E-state index in [-0.39, 0.29) is 6.54 Å². The highest BCUT2D eigenvalue weighted by Gasteiger charge is 2.16. The van der Waals surface area contributed by atoms with Crippen molar-refractivity contribution >= 4 is 0 Å². The van der Waals surface area contributed by atoms with Crippen LogP contribution in [0.5, 0.6) is 5.75 Å². The highest BCUT2D eigenvalue weighted by atomic mass is 16.5. The fourth-order valence-electron chi connectivity index (χ4n) is 1.80. The molecule has 1 aromatic carbocycles. The van der Waals surface area contributed by atoms with Crippen molar-refractivity contribution in [3.8, 4) is 17.2 Å². The van der Waals surface area contributed by atoms with Crippen molar-refractivity contribution in [1.29, 1.82) is 0 Å². The minimum atomic E-state index is 0.236. The van der Waals surface area contributed by atoms with Gasteiger partial charge in [-0.25, -0.2) is 0 Å². The summed E-state index contributed by atoms with van der Waals surface area (Å²) in [6.07, 6.45) is 0. The summed E-state index contributed by atoms with van der Waals surface area (Å²) in [6.45, 7) is 4.23. The molecule has 0 saturated heterocycles. The highest BCUT2D eigenvalue weighted by molar-refractivity contribution is 5.67. The number of hydrogen-bond acceptors (Lipinski definition) is 5. The largest absolute Gasteiger partial charge is 0.496 e. The fraction of sp³-hybridized carbons (Fsp3) is 0.333. The van der Waals surface area contributed by atoms with E-state index in [0.717, 1.165) is 22.4 Å². The zero-order valence-corrected chi connectivity index (χ0v) is 10.2. The Labute approximate surface area is 99.6 Å². The summed E-state index contributed by atoms with van der Waals surface area (Å²) >= 11 is 0. The first-order chi connectivity index (χ1) is 8.15. The summed E-state index contributed by atoms with van der Waals surface area (Å²) in [4.78, 5) is 0. The average Bonchev–Trinajstić information content (AvgIpc) is 2.76. The molecular weight excluding hydrogens is 218 g/mol. The molecule has 1 heterocycles. The van der Waals surface area contributed by atoms with Gasteiger partial charge in [-0.2, -0.15) is 0 Å². The van der Waals surface area contributed by atoms with Gasteiger partial charge in [-0.3, -0.25) is 0 Å². The van der Waals surface area contributed by atoms with E-state index in [9.17, 15) is 0 Å². The third kappa shape index (κ3) is 2.14. The van der Waals surface area contributed by atoms with Crippen LogP contribution in [0.2, 0.25) is 0 Å². The Morgan fingerprint density at radius 3 is 2.65 bits per heavy atom. The van der Waals surface area contributed by atoms with Gasteiger partial charge >= 0.3 is 0 Å². The maximum atomic E-state index is 5.45. The van der Waals surface area contributed by atoms with Gasteiger partial charge in [0, 0.05) is 0 Å². The molecule has 5 nitrogen and oxygen atoms in total. The van der Waals surface area contributed by atoms with Crippen molar-refractivity contribution in [3.05, 3.63) is 29.2 Å². The van der Waals surface area contributed by atoms with E-state index in [1.54, 1.807) is 7.11 Å². The molecule has 0 fully saturated rings. The van der Waals surface area contributed by atoms with Crippen molar-refractivity contribution in [2.45, 2.75) is 20.4 Å². The molecule has 0 unspecified atom stereocenters. The lowest BCUT2D eigenvalue weighted by atomic mass is 10.0. The molecule has 0 bridgehead atoms. The molecule has 5 heteroatoms. The predicted molar refractivity (Wildman–Crippen MR) is 63.7 cm³/mol. The monoisotopic (exact) mass is 233 g/mol. The van der Waals surface area contributed by atoms with E-state index in [1.807, 2.05) is 26.0 Å². The Balaban J connectivity index is 2.57. The van der Waals surface area contributed by atoms with Crippen LogP contribution in [0.3, 0.4) is 0 Å². The van der Waals surface area contributed by atoms with Gasteiger partial charge in [0.2, 0.25) is 5.89 Å². The van der Waals surface area contributed by atoms with Crippen LogP contribution in [0.15, 0.2) is 16.5 Å². The second-order valence-electron chi connectivity index (χ2n) is 3.86. The third-order valence-electron chi connectivity index (χ3n) is 2.52. The molecular formula is C12H15N3O2. The van der Waals surface area contributed by atoms with Gasteiger partial charge in [0.25, 0.3) is 5.89 Å². The van der Waals surface area contributed by atoms with E-state index >= 15 is 0 Å². The lowest BCUT2D eigenvalue weighted by Gasteiger charge is -2.09. The van der Waals surface area contributed by atoms with Crippen LogP contribution in [0.4, 0.5) is 0 Å². The molecule has 0 atom stereocenters. The topological polar surface area (TPSA) is 74.2 Å². The molecule has 0 amide bonds. The van der Waals surface area contributed by atoms with Gasteiger partial charge in [0.15, 0.2) is 0 Å². The molecule has 0 aliphatic carbocycles. The van der Waals surface area contributed by atoms with E-state index in [2.05, 4.69) is 10.2 Å². The molecule has 2 rings (SSSR count). The van der Waals surface area contributed by atoms with Crippen LogP contribution in [-0.4, -0.2) is 17.3 Å². The maximum absolute atomic E-state index is 5.45. The lowest BCUT2D eigenvalue weighted by molar-refractivity contribution is 0.413. The van der Waals surface area contributed by atoms with Crippen LogP contribution < -0.4 is 10.5 Å². The van der Waals surface area contributed by atoms with Crippen LogP contribution >= 0.6 is 0 Å². The summed E-state index contributed by atoms with van der Waals surface area (Å²) in [7, 11) is 1.62. The number of aromatic nitrogens is 2. The molecule has 0 radical (unpaired) electrons. The van der Waals surface area contributed by atoms with Crippen molar-refractivity contribution in [1.82, 2.24) is 10.2 Å². The molecule has 1 aromatic heterocycles. The summed E-state index contributed by atoms with van der Waals surface area (Å²) in [5.74, 6) is 1.59. The van der Waals surface area contributed by atoms with Gasteiger partial charge in [-0.05, 0) is 31.0 Å². The Morgan fingerprint density at radius 2 is 2.06 bits per heavy atom. The first-order valence-electron chi connectivity index (χ1n) is 5.33. The quantitative estimate of drug-likeness (QED) is 0.875. The van der Waals surface area contributed by atoms with Gasteiger partial charge in [0.05, 0.1) is 19.2 Å². The minimum absolute atomic E-state index is 0.236. The standard InChI is InChI=1S/C12H15N3O2/c1-7-4-8(2)11(9(5-7)16-3)12-15-14-10(6-13)17-12/h4-5H,6,13H2,1-3H3. The van der Waals surface area contributed by atoms with Crippen LogP contribution in [0.25, 0.3) is 11.5 Å². The Hall–Kier alpha value is -1.88. The number of benzene rings is 1. The van der Waals surface area contributed by atoms with Crippen LogP contribution in [0.1, 0.15) is 17.0 Å². The summed E-state index contributed by atoms with van der Waals surface area (Å²) in [5, 5.41) is 7.83. The highest BCUT2D eigenvalue weighted by Crippen LogP contribution is 2.33. The molecule has 90 valence electrons. The van der Waals surface area contributed by atoms with Crippen LogP contribution in [0, 0.1) is 13.8 Å². The van der Waals surface area contributed by atoms with Gasteiger partial charge < -0.3 is 14.9 Å². The predicted octanol–water partition coefficient (Wildman–Crippen LogP) is 1.82. The van der Waals surface area contributed by atoms with Crippen LogP contribution in [-0.2, 0) is 6.54 Å². The van der Waals surface area contributed by atoms with Crippen molar-refractivity contribution in [2.24, 2.45) is 5.73 Å². The van der Waals surface area contributed by atoms with Gasteiger partial charge in [-0.15, -0.1) is 10.2 Å². The zero-order chi connectivity index (χ0) is 12.4. The third-order valence-corrected chi connectivity index (χ3v) is 2.52. The Morgan fingerprint density at radius 1 is 1.29 bits per heavy atom. The molecule has 0 aliphatic rings. The van der Waals surface area contributed by atoms with E-state index in [1.165, 1.54) is 0 Å². The second-order valence-corrected chi connectivity index (χ2v) is 3.86. The summed E-state index contributed by atoms with van der Waals surface area (Å²) < 4.78 is 10.8. The summed E-state index contributed by atoms with van der Waals surface area (Å²) in [5.41, 5.74) is 8.43. The number of rotatable bonds is 3. The lowest BCUT2D eigenvalue weighted by Crippen LogP contribution is -1.95. The van der Waals surface area contributed by atoms with Crippen molar-refractivity contribution in [3.63, 3.8) is 0 Å². The SMILES string of the molecule is COc1cc(C)cc(C)c1-c1nnc(CN)o1. The number of methoxy groups -OCH3 is 1. The number of nitrogens with zero attached hydrogens (tertiary/aromatic N) is 2. The normalized spacial score (nSPS) is 10.6. The first kappa shape index (κ1) is 11.6. The molecule has 0 spiro atoms. The minimum Gasteiger partial charge on any atom is -0.496 e. The van der Waals surface area contributed by atoms with Crippen molar-refractivity contribution in [2.75, 3.05) is 7.11 Å². The van der Waals surface area contributed by atoms with E-state index in [0.29, 0.717) is 11.8 Å². The average molecular weight is 233 g/mol.